The number of thiophene rings is 1. The Labute approximate surface area is 286 Å². The van der Waals surface area contributed by atoms with E-state index in [2.05, 4.69) is 5.32 Å². The molecule has 49 heavy (non-hydrogen) atoms. The van der Waals surface area contributed by atoms with E-state index in [0.717, 1.165) is 29.7 Å². The van der Waals surface area contributed by atoms with Crippen molar-refractivity contribution in [3.8, 4) is 0 Å². The van der Waals surface area contributed by atoms with Crippen LogP contribution < -0.4 is 5.32 Å². The number of carbonyl (C=O) groups is 4. The molecule has 3 aliphatic rings. The van der Waals surface area contributed by atoms with Crippen molar-refractivity contribution in [2.75, 3.05) is 39.5 Å². The highest BCUT2D eigenvalue weighted by Crippen LogP contribution is 2.59. The van der Waals surface area contributed by atoms with Crippen LogP contribution in [0, 0.1) is 0 Å². The lowest BCUT2D eigenvalue weighted by Gasteiger charge is -2.40. The first-order chi connectivity index (χ1) is 22.8. The van der Waals surface area contributed by atoms with Crippen LogP contribution in [0.5, 0.6) is 0 Å². The molecule has 2 aromatic rings. The van der Waals surface area contributed by atoms with Gasteiger partial charge in [-0.15, -0.1) is 11.3 Å². The van der Waals surface area contributed by atoms with Crippen molar-refractivity contribution < 1.29 is 50.7 Å². The molecule has 0 aliphatic carbocycles. The van der Waals surface area contributed by atoms with Crippen LogP contribution in [0.1, 0.15) is 60.7 Å². The first kappa shape index (κ1) is 37.2. The van der Waals surface area contributed by atoms with E-state index in [0.29, 0.717) is 56.4 Å². The summed E-state index contributed by atoms with van der Waals surface area (Å²) in [5.41, 5.74) is -5.34. The zero-order chi connectivity index (χ0) is 36.1. The number of nitrogens with one attached hydrogen (secondary N) is 1. The number of alkyl halides is 2. The number of hydrogen-bond donors (Lipinski definition) is 3. The standard InChI is InChI=1S/C30H40F2N5O9PS2/c1-18(38)35-11-8-22-5-6-23(16-27(39)34(2)21-9-12-36(13-10-21)49(3,45)46)37(22)29(41)24(17-35)33-28(40)26-15-19-14-20(4-7-25(19)48-26)30(31,32)47(42,43)44/h4,7,14-15,21-24H,5-6,8-13,16-17H2,1-3H3,(H,33,40)(H2,42,43,44)/t22-,23+,24?/m1/s1. The van der Waals surface area contributed by atoms with Crippen LogP contribution in [0.4, 0.5) is 8.78 Å². The maximum Gasteiger partial charge on any atom is 0.399 e. The summed E-state index contributed by atoms with van der Waals surface area (Å²) >= 11 is 0.942. The Balaban J connectivity index is 1.32. The molecule has 3 fully saturated rings. The topological polar surface area (TPSA) is 185 Å². The van der Waals surface area contributed by atoms with Crippen LogP contribution in [0.15, 0.2) is 24.3 Å². The SMILES string of the molecule is CC(=O)N1CC[C@H]2CC[C@@H](CC(=O)N(C)C3CCN(S(C)(=O)=O)CC3)N2C(=O)C(NC(=O)c2cc3cc(C(F)(F)P(=O)(O)O)ccc3s2)C1. The van der Waals surface area contributed by atoms with Crippen molar-refractivity contribution in [1.82, 2.24) is 24.3 Å². The predicted molar refractivity (Wildman–Crippen MR) is 176 cm³/mol. The van der Waals surface area contributed by atoms with Gasteiger partial charge in [-0.2, -0.15) is 8.78 Å². The van der Waals surface area contributed by atoms with Gasteiger partial charge in [-0.1, -0.05) is 6.07 Å². The lowest BCUT2D eigenvalue weighted by atomic mass is 10.0. The molecule has 19 heteroatoms. The molecule has 3 saturated heterocycles. The van der Waals surface area contributed by atoms with Gasteiger partial charge in [-0.25, -0.2) is 12.7 Å². The first-order valence-corrected chi connectivity index (χ1v) is 20.1. The van der Waals surface area contributed by atoms with E-state index in [1.807, 2.05) is 0 Å². The summed E-state index contributed by atoms with van der Waals surface area (Å²) < 4.78 is 65.6. The van der Waals surface area contributed by atoms with E-state index in [-0.39, 0.29) is 47.1 Å². The summed E-state index contributed by atoms with van der Waals surface area (Å²) in [6.07, 6.45) is 3.82. The molecule has 14 nitrogen and oxygen atoms in total. The van der Waals surface area contributed by atoms with Gasteiger partial charge in [0.25, 0.3) is 5.91 Å². The minimum Gasteiger partial charge on any atom is -0.343 e. The Morgan fingerprint density at radius 3 is 2.37 bits per heavy atom. The number of carbonyl (C=O) groups excluding carboxylic acids is 4. The van der Waals surface area contributed by atoms with E-state index < -0.39 is 52.7 Å². The van der Waals surface area contributed by atoms with Crippen LogP contribution in [0.3, 0.4) is 0 Å². The number of hydrogen-bond acceptors (Lipinski definition) is 8. The largest absolute Gasteiger partial charge is 0.399 e. The van der Waals surface area contributed by atoms with Crippen LogP contribution >= 0.6 is 18.9 Å². The third-order valence-corrected chi connectivity index (χ3v) is 13.2. The normalized spacial score (nSPS) is 23.2. The highest BCUT2D eigenvalue weighted by atomic mass is 32.2. The summed E-state index contributed by atoms with van der Waals surface area (Å²) in [5.74, 6) is -1.61. The fraction of sp³-hybridized carbons (Fsp3) is 0.600. The highest BCUT2D eigenvalue weighted by molar-refractivity contribution is 7.88. The smallest absolute Gasteiger partial charge is 0.343 e. The second kappa shape index (κ2) is 13.9. The second-order valence-corrected chi connectivity index (χ2v) is 17.7. The van der Waals surface area contributed by atoms with Gasteiger partial charge in [0.1, 0.15) is 6.04 Å². The van der Waals surface area contributed by atoms with Crippen molar-refractivity contribution in [2.24, 2.45) is 0 Å². The Bertz CT molecular complexity index is 1790. The maximum absolute atomic E-state index is 14.3. The number of sulfonamides is 1. The van der Waals surface area contributed by atoms with Crippen molar-refractivity contribution in [1.29, 1.82) is 0 Å². The average Bonchev–Trinajstić information content (AvgIpc) is 3.63. The third kappa shape index (κ3) is 7.84. The van der Waals surface area contributed by atoms with Crippen molar-refractivity contribution in [3.63, 3.8) is 0 Å². The van der Waals surface area contributed by atoms with Crippen LogP contribution in [0.25, 0.3) is 10.1 Å². The molecule has 4 heterocycles. The summed E-state index contributed by atoms with van der Waals surface area (Å²) in [7, 11) is -7.45. The van der Waals surface area contributed by atoms with E-state index >= 15 is 0 Å². The third-order valence-electron chi connectivity index (χ3n) is 9.76. The van der Waals surface area contributed by atoms with Gasteiger partial charge in [-0.05, 0) is 55.7 Å². The number of rotatable bonds is 8. The molecule has 5 rings (SSSR count). The Kier molecular flexibility index (Phi) is 10.6. The van der Waals surface area contributed by atoms with Crippen LogP contribution in [-0.4, -0.2) is 124 Å². The van der Waals surface area contributed by atoms with E-state index in [9.17, 15) is 40.9 Å². The number of piperidine rings is 1. The Morgan fingerprint density at radius 2 is 1.76 bits per heavy atom. The number of fused-ring (bicyclic) bond motifs is 2. The van der Waals surface area contributed by atoms with Crippen molar-refractivity contribution >= 4 is 62.7 Å². The van der Waals surface area contributed by atoms with E-state index in [1.165, 1.54) is 28.3 Å². The first-order valence-electron chi connectivity index (χ1n) is 15.8. The number of benzene rings is 1. The molecule has 3 aliphatic heterocycles. The molecule has 1 aromatic heterocycles. The zero-order valence-corrected chi connectivity index (χ0v) is 29.8. The number of halogens is 2. The monoisotopic (exact) mass is 747 g/mol. The highest BCUT2D eigenvalue weighted by Gasteiger charge is 2.50. The van der Waals surface area contributed by atoms with Crippen LogP contribution in [-0.2, 0) is 34.6 Å². The minimum absolute atomic E-state index is 0.0417. The molecule has 1 aromatic carbocycles. The van der Waals surface area contributed by atoms with Gasteiger partial charge in [0.15, 0.2) is 0 Å². The Hall–Kier alpha value is -3.02. The van der Waals surface area contributed by atoms with Crippen molar-refractivity contribution in [2.45, 2.75) is 75.3 Å². The van der Waals surface area contributed by atoms with Gasteiger partial charge in [0.05, 0.1) is 11.1 Å². The summed E-state index contributed by atoms with van der Waals surface area (Å²) in [6.45, 7) is 2.20. The van der Waals surface area contributed by atoms with Gasteiger partial charge in [0, 0.05) is 75.0 Å². The van der Waals surface area contributed by atoms with Gasteiger partial charge in [-0.3, -0.25) is 23.7 Å². The van der Waals surface area contributed by atoms with Gasteiger partial charge < -0.3 is 29.8 Å². The molecule has 3 atom stereocenters. The van der Waals surface area contributed by atoms with Gasteiger partial charge >= 0.3 is 13.3 Å². The molecule has 0 bridgehead atoms. The summed E-state index contributed by atoms with van der Waals surface area (Å²) in [4.78, 5) is 76.7. The molecule has 270 valence electrons. The number of amides is 4. The quantitative estimate of drug-likeness (QED) is 0.341. The predicted octanol–water partition coefficient (Wildman–Crippen LogP) is 2.11. The summed E-state index contributed by atoms with van der Waals surface area (Å²) in [6, 6.07) is 2.27. The lowest BCUT2D eigenvalue weighted by Crippen LogP contribution is -2.59. The second-order valence-electron chi connectivity index (χ2n) is 13.0. The fourth-order valence-corrected chi connectivity index (χ4v) is 9.22. The maximum atomic E-state index is 14.3. The van der Waals surface area contributed by atoms with E-state index in [4.69, 9.17) is 9.79 Å². The average molecular weight is 748 g/mol. The molecule has 1 unspecified atom stereocenters. The lowest BCUT2D eigenvalue weighted by molar-refractivity contribution is -0.142. The summed E-state index contributed by atoms with van der Waals surface area (Å²) in [5, 5.41) is 2.86. The van der Waals surface area contributed by atoms with Gasteiger partial charge in [0.2, 0.25) is 27.7 Å². The van der Waals surface area contributed by atoms with E-state index in [1.54, 1.807) is 16.8 Å². The molecular formula is C30H40F2N5O9PS2. The minimum atomic E-state index is -5.81. The molecule has 3 N–H and O–H groups in total. The molecule has 0 radical (unpaired) electrons. The zero-order valence-electron chi connectivity index (χ0n) is 27.3. The fourth-order valence-electron chi connectivity index (χ4n) is 6.92. The van der Waals surface area contributed by atoms with Crippen molar-refractivity contribution in [3.05, 3.63) is 34.7 Å². The molecule has 4 amide bonds. The number of nitrogens with zero attached hydrogens (tertiary/aromatic N) is 4. The molecule has 0 spiro atoms. The Morgan fingerprint density at radius 1 is 1.08 bits per heavy atom. The molecular weight excluding hydrogens is 707 g/mol. The van der Waals surface area contributed by atoms with Crippen LogP contribution in [0.2, 0.25) is 0 Å². The molecule has 0 saturated carbocycles.